The maximum atomic E-state index is 12.1. The Bertz CT molecular complexity index is 830. The largest absolute Gasteiger partial charge is 0.466 e. The fourth-order valence-corrected chi connectivity index (χ4v) is 4.18. The van der Waals surface area contributed by atoms with Gasteiger partial charge in [-0.3, -0.25) is 19.7 Å². The van der Waals surface area contributed by atoms with Gasteiger partial charge in [0, 0.05) is 49.9 Å². The quantitative estimate of drug-likeness (QED) is 0.359. The Morgan fingerprint density at radius 2 is 2.00 bits per heavy atom. The number of rotatable bonds is 7. The van der Waals surface area contributed by atoms with E-state index in [1.165, 1.54) is 0 Å². The molecule has 8 heteroatoms. The van der Waals surface area contributed by atoms with Crippen molar-refractivity contribution >= 4 is 34.9 Å². The molecule has 0 aliphatic carbocycles. The fourth-order valence-electron chi connectivity index (χ4n) is 4.18. The number of hydrogen-bond acceptors (Lipinski definition) is 7. The Kier molecular flexibility index (Phi) is 7.07. The average Bonchev–Trinajstić information content (AvgIpc) is 2.73. The number of nitrogens with one attached hydrogen (secondary N) is 3. The van der Waals surface area contributed by atoms with E-state index in [4.69, 9.17) is 10.1 Å². The lowest BCUT2D eigenvalue weighted by atomic mass is 9.88. The first-order chi connectivity index (χ1) is 14.4. The summed E-state index contributed by atoms with van der Waals surface area (Å²) in [6.07, 6.45) is 2.96. The number of ether oxygens (including phenoxy) is 1. The molecule has 30 heavy (non-hydrogen) atoms. The first-order valence-corrected chi connectivity index (χ1v) is 10.6. The van der Waals surface area contributed by atoms with Crippen LogP contribution in [0.1, 0.15) is 44.6 Å². The molecular weight excluding hydrogens is 384 g/mol. The van der Waals surface area contributed by atoms with E-state index >= 15 is 0 Å². The molecule has 1 aromatic rings. The lowest BCUT2D eigenvalue weighted by Gasteiger charge is -2.34. The van der Waals surface area contributed by atoms with Crippen LogP contribution in [0, 0.1) is 17.2 Å². The van der Waals surface area contributed by atoms with Crippen molar-refractivity contribution in [3.63, 3.8) is 0 Å². The van der Waals surface area contributed by atoms with Gasteiger partial charge < -0.3 is 20.4 Å². The van der Waals surface area contributed by atoms with Gasteiger partial charge in [0.25, 0.3) is 0 Å². The summed E-state index contributed by atoms with van der Waals surface area (Å²) in [6, 6.07) is 5.85. The van der Waals surface area contributed by atoms with E-state index in [0.29, 0.717) is 30.9 Å². The van der Waals surface area contributed by atoms with E-state index in [1.54, 1.807) is 7.05 Å². The Morgan fingerprint density at radius 3 is 2.63 bits per heavy atom. The number of carbonyl (C=O) groups excluding carboxylic acids is 3. The molecule has 0 aromatic heterocycles. The van der Waals surface area contributed by atoms with Gasteiger partial charge in [0.1, 0.15) is 0 Å². The molecule has 2 aliphatic rings. The van der Waals surface area contributed by atoms with Crippen LogP contribution in [0.3, 0.4) is 0 Å². The highest BCUT2D eigenvalue weighted by Gasteiger charge is 2.31. The molecule has 162 valence electrons. The monoisotopic (exact) mass is 414 g/mol. The van der Waals surface area contributed by atoms with Crippen molar-refractivity contribution in [2.24, 2.45) is 11.8 Å². The molecule has 3 N–H and O–H groups in total. The van der Waals surface area contributed by atoms with Gasteiger partial charge in [0.15, 0.2) is 0 Å². The van der Waals surface area contributed by atoms with Gasteiger partial charge in [0.2, 0.25) is 11.8 Å². The van der Waals surface area contributed by atoms with Crippen LogP contribution < -0.4 is 15.5 Å². The Labute approximate surface area is 176 Å². The summed E-state index contributed by atoms with van der Waals surface area (Å²) in [4.78, 5) is 37.5. The van der Waals surface area contributed by atoms with E-state index < -0.39 is 11.8 Å². The SMILES string of the molecule is CCOC(=O)CC1CCN(c2ccc(C(=N)C3CCC(=O)NC3=O)c(NC)c2)CC1. The van der Waals surface area contributed by atoms with Crippen LogP contribution in [-0.2, 0) is 19.1 Å². The normalized spacial score (nSPS) is 19.9. The molecule has 0 bridgehead atoms. The zero-order chi connectivity index (χ0) is 21.7. The number of carbonyl (C=O) groups is 3. The Balaban J connectivity index is 1.66. The van der Waals surface area contributed by atoms with Crippen LogP contribution in [0.2, 0.25) is 0 Å². The molecule has 1 aromatic carbocycles. The van der Waals surface area contributed by atoms with Crippen molar-refractivity contribution in [3.05, 3.63) is 23.8 Å². The summed E-state index contributed by atoms with van der Waals surface area (Å²) < 4.78 is 5.06. The number of imide groups is 1. The van der Waals surface area contributed by atoms with Crippen molar-refractivity contribution < 1.29 is 19.1 Å². The minimum atomic E-state index is -0.612. The first-order valence-electron chi connectivity index (χ1n) is 10.6. The number of nitrogens with zero attached hydrogens (tertiary/aromatic N) is 1. The fraction of sp³-hybridized carbons (Fsp3) is 0.545. The molecule has 0 spiro atoms. The van der Waals surface area contributed by atoms with Crippen LogP contribution >= 0.6 is 0 Å². The number of anilines is 2. The molecule has 2 aliphatic heterocycles. The van der Waals surface area contributed by atoms with Gasteiger partial charge in [0.05, 0.1) is 18.2 Å². The average molecular weight is 415 g/mol. The third-order valence-corrected chi connectivity index (χ3v) is 5.89. The van der Waals surface area contributed by atoms with Gasteiger partial charge in [-0.05, 0) is 50.3 Å². The van der Waals surface area contributed by atoms with E-state index in [0.717, 1.165) is 37.3 Å². The number of hydrogen-bond donors (Lipinski definition) is 3. The maximum absolute atomic E-state index is 12.1. The second kappa shape index (κ2) is 9.73. The van der Waals surface area contributed by atoms with Gasteiger partial charge in [-0.25, -0.2) is 0 Å². The molecule has 0 radical (unpaired) electrons. The van der Waals surface area contributed by atoms with E-state index in [2.05, 4.69) is 15.5 Å². The third-order valence-electron chi connectivity index (χ3n) is 5.89. The molecule has 2 heterocycles. The van der Waals surface area contributed by atoms with Crippen LogP contribution in [-0.4, -0.2) is 50.2 Å². The maximum Gasteiger partial charge on any atom is 0.306 e. The smallest absolute Gasteiger partial charge is 0.306 e. The Hall–Kier alpha value is -2.90. The van der Waals surface area contributed by atoms with E-state index in [1.807, 2.05) is 25.1 Å². The van der Waals surface area contributed by atoms with Gasteiger partial charge in [-0.2, -0.15) is 0 Å². The standard InChI is InChI=1S/C22H30N4O4/c1-3-30-20(28)12-14-8-10-26(11-9-14)15-4-5-16(18(13-15)24-2)21(23)17-6-7-19(27)25-22(17)29/h4-5,13-14,17,23-24H,3,6-12H2,1-2H3,(H,25,27,29). The van der Waals surface area contributed by atoms with Crippen molar-refractivity contribution in [1.82, 2.24) is 5.32 Å². The lowest BCUT2D eigenvalue weighted by Crippen LogP contribution is -2.44. The first kappa shape index (κ1) is 21.8. The van der Waals surface area contributed by atoms with E-state index in [-0.39, 0.29) is 24.0 Å². The summed E-state index contributed by atoms with van der Waals surface area (Å²) >= 11 is 0. The van der Waals surface area contributed by atoms with Crippen LogP contribution in [0.5, 0.6) is 0 Å². The molecule has 0 saturated carbocycles. The minimum absolute atomic E-state index is 0.121. The van der Waals surface area contributed by atoms with Gasteiger partial charge in [-0.1, -0.05) is 0 Å². The van der Waals surface area contributed by atoms with E-state index in [9.17, 15) is 14.4 Å². The topological polar surface area (TPSA) is 112 Å². The molecular formula is C22H30N4O4. The van der Waals surface area contributed by atoms with Crippen molar-refractivity contribution in [1.29, 1.82) is 5.41 Å². The Morgan fingerprint density at radius 1 is 1.27 bits per heavy atom. The zero-order valence-electron chi connectivity index (χ0n) is 17.6. The number of piperidine rings is 2. The molecule has 1 atom stereocenters. The number of esters is 1. The summed E-state index contributed by atoms with van der Waals surface area (Å²) in [6.45, 7) is 3.96. The molecule has 2 saturated heterocycles. The van der Waals surface area contributed by atoms with Crippen LogP contribution in [0.15, 0.2) is 18.2 Å². The molecule has 3 rings (SSSR count). The van der Waals surface area contributed by atoms with Gasteiger partial charge >= 0.3 is 5.97 Å². The zero-order valence-corrected chi connectivity index (χ0v) is 17.6. The summed E-state index contributed by atoms with van der Waals surface area (Å²) in [5.41, 5.74) is 2.74. The highest BCUT2D eigenvalue weighted by Crippen LogP contribution is 2.31. The summed E-state index contributed by atoms with van der Waals surface area (Å²) in [7, 11) is 1.80. The predicted octanol–water partition coefficient (Wildman–Crippen LogP) is 2.32. The highest BCUT2D eigenvalue weighted by molar-refractivity contribution is 6.17. The van der Waals surface area contributed by atoms with Crippen molar-refractivity contribution in [3.8, 4) is 0 Å². The highest BCUT2D eigenvalue weighted by atomic mass is 16.5. The van der Waals surface area contributed by atoms with Crippen molar-refractivity contribution in [2.75, 3.05) is 37.0 Å². The third kappa shape index (κ3) is 4.98. The van der Waals surface area contributed by atoms with Crippen LogP contribution in [0.25, 0.3) is 0 Å². The lowest BCUT2D eigenvalue weighted by molar-refractivity contribution is -0.144. The molecule has 2 fully saturated rings. The molecule has 2 amide bonds. The van der Waals surface area contributed by atoms with Gasteiger partial charge in [-0.15, -0.1) is 0 Å². The van der Waals surface area contributed by atoms with Crippen LogP contribution in [0.4, 0.5) is 11.4 Å². The number of amides is 2. The second-order valence-electron chi connectivity index (χ2n) is 7.84. The minimum Gasteiger partial charge on any atom is -0.466 e. The number of benzene rings is 1. The molecule has 8 nitrogen and oxygen atoms in total. The molecule has 1 unspecified atom stereocenters. The summed E-state index contributed by atoms with van der Waals surface area (Å²) in [5, 5.41) is 14.0. The van der Waals surface area contributed by atoms with Crippen molar-refractivity contribution in [2.45, 2.75) is 39.0 Å². The summed E-state index contributed by atoms with van der Waals surface area (Å²) in [5.74, 6) is -1.06. The second-order valence-corrected chi connectivity index (χ2v) is 7.84. The predicted molar refractivity (Wildman–Crippen MR) is 115 cm³/mol.